The number of carbonyl (C=O) groups is 1. The van der Waals surface area contributed by atoms with Gasteiger partial charge in [0.05, 0.1) is 10.6 Å². The van der Waals surface area contributed by atoms with Gasteiger partial charge in [-0.25, -0.2) is 0 Å². The molecule has 1 rings (SSSR count). The number of aliphatic hydroxyl groups excluding tert-OH is 1. The highest BCUT2D eigenvalue weighted by atomic mass is 35.5. The lowest BCUT2D eigenvalue weighted by molar-refractivity contribution is 0.0314. The van der Waals surface area contributed by atoms with Crippen LogP contribution in [0.2, 0.25) is 5.02 Å². The van der Waals surface area contributed by atoms with Crippen molar-refractivity contribution in [2.75, 3.05) is 19.7 Å². The van der Waals surface area contributed by atoms with Gasteiger partial charge < -0.3 is 15.1 Å². The molecule has 0 aliphatic carbocycles. The molecule has 0 heterocycles. The summed E-state index contributed by atoms with van der Waals surface area (Å²) in [6, 6.07) is 4.84. The smallest absolute Gasteiger partial charge is 0.253 e. The largest absolute Gasteiger partial charge is 0.389 e. The van der Waals surface area contributed by atoms with Crippen LogP contribution in [0.15, 0.2) is 18.2 Å². The van der Waals surface area contributed by atoms with Crippen molar-refractivity contribution in [3.8, 4) is 11.8 Å². The summed E-state index contributed by atoms with van der Waals surface area (Å²) in [4.78, 5) is 14.0. The second-order valence-corrected chi connectivity index (χ2v) is 5.69. The summed E-state index contributed by atoms with van der Waals surface area (Å²) in [6.07, 6.45) is 0. The number of amides is 1. The molecule has 0 spiro atoms. The van der Waals surface area contributed by atoms with Gasteiger partial charge in [-0.2, -0.15) is 0 Å². The standard InChI is InChI=1S/C16H20ClNO3/c1-4-18(11-16(2,3)21)15(20)13-8-7-12(6-5-9-19)14(17)10-13/h7-8,10,19,21H,4,9,11H2,1-3H3. The van der Waals surface area contributed by atoms with Crippen molar-refractivity contribution in [1.29, 1.82) is 0 Å². The number of nitrogens with zero attached hydrogens (tertiary/aromatic N) is 1. The van der Waals surface area contributed by atoms with Gasteiger partial charge >= 0.3 is 0 Å². The highest BCUT2D eigenvalue weighted by Crippen LogP contribution is 2.19. The third kappa shape index (κ3) is 5.39. The lowest BCUT2D eigenvalue weighted by Crippen LogP contribution is -2.42. The van der Waals surface area contributed by atoms with Gasteiger partial charge in [0, 0.05) is 24.2 Å². The topological polar surface area (TPSA) is 60.8 Å². The van der Waals surface area contributed by atoms with Crippen LogP contribution < -0.4 is 0 Å². The molecule has 1 amide bonds. The minimum atomic E-state index is -0.956. The van der Waals surface area contributed by atoms with E-state index in [0.29, 0.717) is 22.7 Å². The van der Waals surface area contributed by atoms with Gasteiger partial charge in [0.15, 0.2) is 0 Å². The van der Waals surface area contributed by atoms with Crippen molar-refractivity contribution in [2.45, 2.75) is 26.4 Å². The first-order valence-electron chi connectivity index (χ1n) is 6.69. The summed E-state index contributed by atoms with van der Waals surface area (Å²) in [7, 11) is 0. The molecule has 1 aromatic carbocycles. The molecule has 0 radical (unpaired) electrons. The fourth-order valence-corrected chi connectivity index (χ4v) is 2.09. The fraction of sp³-hybridized carbons (Fsp3) is 0.438. The third-order valence-corrected chi connectivity index (χ3v) is 3.08. The molecule has 114 valence electrons. The van der Waals surface area contributed by atoms with E-state index in [0.717, 1.165) is 0 Å². The molecule has 0 aliphatic rings. The maximum atomic E-state index is 12.4. The minimum Gasteiger partial charge on any atom is -0.389 e. The molecule has 0 aromatic heterocycles. The lowest BCUT2D eigenvalue weighted by Gasteiger charge is -2.28. The lowest BCUT2D eigenvalue weighted by atomic mass is 10.1. The Morgan fingerprint density at radius 2 is 2.10 bits per heavy atom. The SMILES string of the molecule is CCN(CC(C)(C)O)C(=O)c1ccc(C#CCO)c(Cl)c1. The number of hydrogen-bond acceptors (Lipinski definition) is 3. The van der Waals surface area contributed by atoms with Crippen LogP contribution in [0.3, 0.4) is 0 Å². The highest BCUT2D eigenvalue weighted by Gasteiger charge is 2.22. The molecule has 0 fully saturated rings. The number of carbonyl (C=O) groups excluding carboxylic acids is 1. The second-order valence-electron chi connectivity index (χ2n) is 5.29. The first-order valence-corrected chi connectivity index (χ1v) is 7.07. The van der Waals surface area contributed by atoms with Crippen LogP contribution in [0.25, 0.3) is 0 Å². The Hall–Kier alpha value is -1.54. The van der Waals surface area contributed by atoms with Crippen molar-refractivity contribution >= 4 is 17.5 Å². The Balaban J connectivity index is 2.99. The molecule has 2 N–H and O–H groups in total. The van der Waals surface area contributed by atoms with Crippen molar-refractivity contribution in [1.82, 2.24) is 4.90 Å². The Labute approximate surface area is 130 Å². The maximum Gasteiger partial charge on any atom is 0.253 e. The van der Waals surface area contributed by atoms with Gasteiger partial charge in [0.25, 0.3) is 5.91 Å². The zero-order valence-corrected chi connectivity index (χ0v) is 13.2. The van der Waals surface area contributed by atoms with Gasteiger partial charge in [-0.15, -0.1) is 0 Å². The van der Waals surface area contributed by atoms with Crippen molar-refractivity contribution in [3.63, 3.8) is 0 Å². The number of benzene rings is 1. The summed E-state index contributed by atoms with van der Waals surface area (Å²) in [5.41, 5.74) is 0.0515. The zero-order chi connectivity index (χ0) is 16.0. The average Bonchev–Trinajstić information content (AvgIpc) is 2.41. The third-order valence-electron chi connectivity index (χ3n) is 2.76. The van der Waals surface area contributed by atoms with Crippen LogP contribution in [0.4, 0.5) is 0 Å². The fourth-order valence-electron chi connectivity index (χ4n) is 1.86. The Morgan fingerprint density at radius 3 is 2.57 bits per heavy atom. The molecular formula is C16H20ClNO3. The molecule has 0 bridgehead atoms. The Kier molecular flexibility index (Phi) is 6.22. The number of hydrogen-bond donors (Lipinski definition) is 2. The van der Waals surface area contributed by atoms with E-state index in [1.807, 2.05) is 6.92 Å². The van der Waals surface area contributed by atoms with Crippen molar-refractivity contribution in [3.05, 3.63) is 34.3 Å². The number of likely N-dealkylation sites (N-methyl/N-ethyl adjacent to an activating group) is 1. The van der Waals surface area contributed by atoms with E-state index in [1.54, 1.807) is 36.9 Å². The summed E-state index contributed by atoms with van der Waals surface area (Å²) in [5.74, 6) is 5.03. The van der Waals surface area contributed by atoms with Crippen LogP contribution in [0, 0.1) is 11.8 Å². The molecule has 0 saturated carbocycles. The van der Waals surface area contributed by atoms with Crippen LogP contribution in [-0.4, -0.2) is 46.3 Å². The second kappa shape index (κ2) is 7.46. The number of aliphatic hydroxyl groups is 2. The molecule has 21 heavy (non-hydrogen) atoms. The number of halogens is 1. The molecule has 5 heteroatoms. The molecule has 1 aromatic rings. The zero-order valence-electron chi connectivity index (χ0n) is 12.5. The maximum absolute atomic E-state index is 12.4. The first-order chi connectivity index (χ1) is 9.78. The summed E-state index contributed by atoms with van der Waals surface area (Å²) in [5, 5.41) is 18.9. The summed E-state index contributed by atoms with van der Waals surface area (Å²) in [6.45, 7) is 5.66. The van der Waals surface area contributed by atoms with Crippen molar-refractivity contribution < 1.29 is 15.0 Å². The first kappa shape index (κ1) is 17.5. The van der Waals surface area contributed by atoms with E-state index >= 15 is 0 Å². The number of rotatable bonds is 4. The van der Waals surface area contributed by atoms with Gasteiger partial charge in [0.1, 0.15) is 6.61 Å². The van der Waals surface area contributed by atoms with Gasteiger partial charge in [-0.05, 0) is 39.0 Å². The molecule has 0 unspecified atom stereocenters. The predicted octanol–water partition coefficient (Wildman–Crippen LogP) is 1.92. The summed E-state index contributed by atoms with van der Waals surface area (Å²) < 4.78 is 0. The Morgan fingerprint density at radius 1 is 1.43 bits per heavy atom. The summed E-state index contributed by atoms with van der Waals surface area (Å²) >= 11 is 6.09. The quantitative estimate of drug-likeness (QED) is 0.835. The molecule has 4 nitrogen and oxygen atoms in total. The molecular weight excluding hydrogens is 290 g/mol. The average molecular weight is 310 g/mol. The van der Waals surface area contributed by atoms with Crippen LogP contribution >= 0.6 is 11.6 Å². The monoisotopic (exact) mass is 309 g/mol. The van der Waals surface area contributed by atoms with E-state index in [2.05, 4.69) is 11.8 Å². The van der Waals surface area contributed by atoms with Gasteiger partial charge in [-0.1, -0.05) is 23.4 Å². The van der Waals surface area contributed by atoms with Crippen molar-refractivity contribution in [2.24, 2.45) is 0 Å². The van der Waals surface area contributed by atoms with E-state index in [1.165, 1.54) is 0 Å². The highest BCUT2D eigenvalue weighted by molar-refractivity contribution is 6.32. The van der Waals surface area contributed by atoms with Crippen LogP contribution in [0.1, 0.15) is 36.7 Å². The van der Waals surface area contributed by atoms with E-state index in [-0.39, 0.29) is 19.1 Å². The van der Waals surface area contributed by atoms with Gasteiger partial charge in [-0.3, -0.25) is 4.79 Å². The molecule has 0 atom stereocenters. The van der Waals surface area contributed by atoms with E-state index < -0.39 is 5.60 Å². The minimum absolute atomic E-state index is 0.191. The molecule has 0 aliphatic heterocycles. The van der Waals surface area contributed by atoms with Crippen LogP contribution in [0.5, 0.6) is 0 Å². The van der Waals surface area contributed by atoms with E-state index in [4.69, 9.17) is 16.7 Å². The van der Waals surface area contributed by atoms with Crippen LogP contribution in [-0.2, 0) is 0 Å². The normalized spacial score (nSPS) is 10.8. The van der Waals surface area contributed by atoms with E-state index in [9.17, 15) is 9.90 Å². The Bertz CT molecular complexity index is 567. The predicted molar refractivity (Wildman–Crippen MR) is 83.3 cm³/mol. The molecule has 0 saturated heterocycles. The van der Waals surface area contributed by atoms with Gasteiger partial charge in [0.2, 0.25) is 0 Å².